The molecular weight excluding hydrogens is 160 g/mol. The fourth-order valence-electron chi connectivity index (χ4n) is 1.60. The van der Waals surface area contributed by atoms with Crippen molar-refractivity contribution in [2.75, 3.05) is 6.54 Å². The van der Waals surface area contributed by atoms with Gasteiger partial charge in [-0.3, -0.25) is 0 Å². The second kappa shape index (κ2) is 7.96. The molecule has 0 aliphatic heterocycles. The molecule has 0 radical (unpaired) electrons. The molecule has 0 aromatic heterocycles. The molecule has 2 heteroatoms. The maximum Gasteiger partial charge on any atom is 0.0885 e. The Bertz CT molecular complexity index is 132. The van der Waals surface area contributed by atoms with Crippen molar-refractivity contribution in [2.45, 2.75) is 46.0 Å². The van der Waals surface area contributed by atoms with Crippen LogP contribution in [0.1, 0.15) is 46.0 Å². The summed E-state index contributed by atoms with van der Waals surface area (Å²) in [6, 6.07) is 0. The van der Waals surface area contributed by atoms with Gasteiger partial charge in [0, 0.05) is 6.54 Å². The molecule has 0 saturated carbocycles. The summed E-state index contributed by atoms with van der Waals surface area (Å²) in [4.78, 5) is 0. The second-order valence-electron chi connectivity index (χ2n) is 3.66. The lowest BCUT2D eigenvalue weighted by Gasteiger charge is -2.13. The molecule has 13 heavy (non-hydrogen) atoms. The van der Waals surface area contributed by atoms with Crippen molar-refractivity contribution >= 4 is 0 Å². The number of hydrogen-bond acceptors (Lipinski definition) is 2. The van der Waals surface area contributed by atoms with Crippen molar-refractivity contribution in [2.24, 2.45) is 11.7 Å². The number of hydrogen-bond donors (Lipinski definition) is 2. The highest BCUT2D eigenvalue weighted by molar-refractivity contribution is 4.81. The average Bonchev–Trinajstić information content (AvgIpc) is 2.10. The van der Waals surface area contributed by atoms with E-state index in [1.165, 1.54) is 32.1 Å². The van der Waals surface area contributed by atoms with Crippen LogP contribution in [0.2, 0.25) is 0 Å². The van der Waals surface area contributed by atoms with Crippen molar-refractivity contribution in [3.63, 3.8) is 0 Å². The molecule has 0 saturated heterocycles. The van der Waals surface area contributed by atoms with Gasteiger partial charge in [0.25, 0.3) is 0 Å². The highest BCUT2D eigenvalue weighted by atomic mass is 15.0. The van der Waals surface area contributed by atoms with Crippen LogP contribution < -0.4 is 11.1 Å². The zero-order valence-corrected chi connectivity index (χ0v) is 9.10. The van der Waals surface area contributed by atoms with Gasteiger partial charge < -0.3 is 11.1 Å². The van der Waals surface area contributed by atoms with Crippen LogP contribution in [0.5, 0.6) is 0 Å². The lowest BCUT2D eigenvalue weighted by molar-refractivity contribution is 0.417. The Kier molecular flexibility index (Phi) is 7.56. The van der Waals surface area contributed by atoms with Crippen LogP contribution >= 0.6 is 0 Å². The number of rotatable bonds is 8. The minimum Gasteiger partial charge on any atom is -0.386 e. The Balaban J connectivity index is 3.32. The molecule has 2 nitrogen and oxygen atoms in total. The van der Waals surface area contributed by atoms with Crippen molar-refractivity contribution in [3.8, 4) is 0 Å². The molecule has 0 spiro atoms. The summed E-state index contributed by atoms with van der Waals surface area (Å²) in [6.07, 6.45) is 6.48. The van der Waals surface area contributed by atoms with E-state index in [1.54, 1.807) is 0 Å². The van der Waals surface area contributed by atoms with E-state index >= 15 is 0 Å². The highest BCUT2D eigenvalue weighted by Crippen LogP contribution is 2.16. The third-order valence-electron chi connectivity index (χ3n) is 2.42. The quantitative estimate of drug-likeness (QED) is 0.569. The van der Waals surface area contributed by atoms with Gasteiger partial charge in [-0.05, 0) is 18.8 Å². The van der Waals surface area contributed by atoms with Crippen LogP contribution in [-0.2, 0) is 0 Å². The minimum atomic E-state index is 0.587. The summed E-state index contributed by atoms with van der Waals surface area (Å²) in [5.74, 6) is 1.49. The summed E-state index contributed by atoms with van der Waals surface area (Å²) < 4.78 is 0. The first-order valence-corrected chi connectivity index (χ1v) is 5.38. The first-order valence-electron chi connectivity index (χ1n) is 5.38. The lowest BCUT2D eigenvalue weighted by atomic mass is 9.95. The smallest absolute Gasteiger partial charge is 0.0885 e. The Morgan fingerprint density at radius 1 is 1.38 bits per heavy atom. The number of nitrogens with one attached hydrogen (secondary N) is 1. The molecule has 1 unspecified atom stereocenters. The minimum absolute atomic E-state index is 0.587. The molecule has 0 aliphatic rings. The zero-order valence-electron chi connectivity index (χ0n) is 9.10. The van der Waals surface area contributed by atoms with Crippen molar-refractivity contribution in [3.05, 3.63) is 12.4 Å². The van der Waals surface area contributed by atoms with Gasteiger partial charge in [0.05, 0.1) is 5.82 Å². The number of nitrogens with two attached hydrogens (primary N) is 1. The van der Waals surface area contributed by atoms with E-state index in [1.807, 2.05) is 0 Å². The SMILES string of the molecule is C=C(N)NCCCC(CC)CCC. The Morgan fingerprint density at radius 2 is 2.08 bits per heavy atom. The van der Waals surface area contributed by atoms with Crippen LogP contribution in [0.4, 0.5) is 0 Å². The van der Waals surface area contributed by atoms with Gasteiger partial charge in [0.2, 0.25) is 0 Å². The maximum absolute atomic E-state index is 5.39. The van der Waals surface area contributed by atoms with Gasteiger partial charge >= 0.3 is 0 Å². The second-order valence-corrected chi connectivity index (χ2v) is 3.66. The van der Waals surface area contributed by atoms with Gasteiger partial charge in [-0.15, -0.1) is 0 Å². The van der Waals surface area contributed by atoms with Gasteiger partial charge in [0.15, 0.2) is 0 Å². The Morgan fingerprint density at radius 3 is 2.54 bits per heavy atom. The van der Waals surface area contributed by atoms with Crippen molar-refractivity contribution in [1.82, 2.24) is 5.32 Å². The van der Waals surface area contributed by atoms with E-state index < -0.39 is 0 Å². The molecule has 78 valence electrons. The first kappa shape index (κ1) is 12.3. The first-order chi connectivity index (χ1) is 6.20. The molecular formula is C11H24N2. The standard InChI is InChI=1S/C11H24N2/c1-4-7-11(5-2)8-6-9-13-10(3)12/h11,13H,3-9,12H2,1-2H3. The van der Waals surface area contributed by atoms with Gasteiger partial charge in [0.1, 0.15) is 0 Å². The predicted octanol–water partition coefficient (Wildman–Crippen LogP) is 2.61. The van der Waals surface area contributed by atoms with Crippen LogP contribution in [0.25, 0.3) is 0 Å². The molecule has 0 aliphatic carbocycles. The molecule has 0 bridgehead atoms. The van der Waals surface area contributed by atoms with Gasteiger partial charge in [-0.2, -0.15) is 0 Å². The molecule has 1 atom stereocenters. The fourth-order valence-corrected chi connectivity index (χ4v) is 1.60. The van der Waals surface area contributed by atoms with E-state index in [9.17, 15) is 0 Å². The van der Waals surface area contributed by atoms with Crippen molar-refractivity contribution < 1.29 is 0 Å². The normalized spacial score (nSPS) is 12.5. The topological polar surface area (TPSA) is 38.0 Å². The highest BCUT2D eigenvalue weighted by Gasteiger charge is 2.03. The van der Waals surface area contributed by atoms with E-state index in [0.29, 0.717) is 5.82 Å². The van der Waals surface area contributed by atoms with E-state index in [0.717, 1.165) is 12.5 Å². The monoisotopic (exact) mass is 184 g/mol. The van der Waals surface area contributed by atoms with Crippen LogP contribution in [-0.4, -0.2) is 6.54 Å². The molecule has 0 rings (SSSR count). The molecule has 0 amide bonds. The van der Waals surface area contributed by atoms with Crippen molar-refractivity contribution in [1.29, 1.82) is 0 Å². The average molecular weight is 184 g/mol. The summed E-state index contributed by atoms with van der Waals surface area (Å²) >= 11 is 0. The Labute approximate surface area is 82.6 Å². The summed E-state index contributed by atoms with van der Waals surface area (Å²) in [6.45, 7) is 9.09. The van der Waals surface area contributed by atoms with E-state index in [2.05, 4.69) is 25.7 Å². The largest absolute Gasteiger partial charge is 0.386 e. The summed E-state index contributed by atoms with van der Waals surface area (Å²) in [5, 5.41) is 3.05. The van der Waals surface area contributed by atoms with Crippen LogP contribution in [0.15, 0.2) is 12.4 Å². The van der Waals surface area contributed by atoms with Crippen LogP contribution in [0.3, 0.4) is 0 Å². The Hall–Kier alpha value is -0.660. The summed E-state index contributed by atoms with van der Waals surface area (Å²) in [7, 11) is 0. The maximum atomic E-state index is 5.39. The summed E-state index contributed by atoms with van der Waals surface area (Å²) in [5.41, 5.74) is 5.39. The van der Waals surface area contributed by atoms with Gasteiger partial charge in [-0.25, -0.2) is 0 Å². The van der Waals surface area contributed by atoms with Crippen LogP contribution in [0, 0.1) is 5.92 Å². The molecule has 0 aromatic carbocycles. The fraction of sp³-hybridized carbons (Fsp3) is 0.818. The lowest BCUT2D eigenvalue weighted by Crippen LogP contribution is -2.20. The molecule has 0 fully saturated rings. The van der Waals surface area contributed by atoms with E-state index in [-0.39, 0.29) is 0 Å². The van der Waals surface area contributed by atoms with Gasteiger partial charge in [-0.1, -0.05) is 39.7 Å². The van der Waals surface area contributed by atoms with E-state index in [4.69, 9.17) is 5.73 Å². The third-order valence-corrected chi connectivity index (χ3v) is 2.42. The molecule has 0 aromatic rings. The predicted molar refractivity (Wildman–Crippen MR) is 59.3 cm³/mol. The third kappa shape index (κ3) is 7.69. The molecule has 3 N–H and O–H groups in total. The zero-order chi connectivity index (χ0) is 10.1. The molecule has 0 heterocycles.